The fourth-order valence-corrected chi connectivity index (χ4v) is 9.00. The number of aliphatic hydroxyl groups excluding tert-OH is 1. The Morgan fingerprint density at radius 1 is 1.08 bits per heavy atom. The van der Waals surface area contributed by atoms with Crippen LogP contribution in [0, 0.1) is 22.7 Å². The average molecular weight is 500 g/mol. The Labute approximate surface area is 213 Å². The molecule has 1 aliphatic heterocycles. The van der Waals surface area contributed by atoms with Gasteiger partial charge in [-0.2, -0.15) is 0 Å². The van der Waals surface area contributed by atoms with Gasteiger partial charge < -0.3 is 29.8 Å². The molecule has 0 amide bonds. The molecule has 1 saturated heterocycles. The lowest BCUT2D eigenvalue weighted by atomic mass is 9.45. The molecule has 3 saturated carbocycles. The summed E-state index contributed by atoms with van der Waals surface area (Å²) in [6.45, 7) is 5.09. The van der Waals surface area contributed by atoms with Crippen LogP contribution in [0.3, 0.4) is 0 Å². The summed E-state index contributed by atoms with van der Waals surface area (Å²) in [5.74, 6) is 0.914. The molecule has 1 aromatic heterocycles. The number of rotatable bonds is 3. The van der Waals surface area contributed by atoms with Crippen LogP contribution in [-0.4, -0.2) is 47.0 Å². The van der Waals surface area contributed by atoms with Gasteiger partial charge in [0, 0.05) is 17.5 Å². The van der Waals surface area contributed by atoms with Gasteiger partial charge >= 0.3 is 5.63 Å². The Balaban J connectivity index is 1.22. The number of nitrogens with two attached hydrogens (primary N) is 1. The van der Waals surface area contributed by atoms with Crippen molar-refractivity contribution >= 4 is 0 Å². The molecule has 36 heavy (non-hydrogen) atoms. The van der Waals surface area contributed by atoms with Gasteiger partial charge in [0.25, 0.3) is 0 Å². The third kappa shape index (κ3) is 3.69. The van der Waals surface area contributed by atoms with E-state index in [9.17, 15) is 15.0 Å². The van der Waals surface area contributed by atoms with Crippen LogP contribution >= 0.6 is 0 Å². The highest BCUT2D eigenvalue weighted by Crippen LogP contribution is 2.70. The van der Waals surface area contributed by atoms with Crippen LogP contribution in [0.1, 0.15) is 83.1 Å². The number of ether oxygens (including phenoxy) is 2. The van der Waals surface area contributed by atoms with Crippen LogP contribution in [0.25, 0.3) is 0 Å². The summed E-state index contributed by atoms with van der Waals surface area (Å²) in [6, 6.07) is 3.26. The summed E-state index contributed by atoms with van der Waals surface area (Å²) in [4.78, 5) is 11.5. The normalized spacial score (nSPS) is 48.5. The first-order chi connectivity index (χ1) is 17.1. The molecule has 7 heteroatoms. The maximum absolute atomic E-state index is 12.4. The van der Waals surface area contributed by atoms with Crippen LogP contribution in [0.2, 0.25) is 0 Å². The second-order valence-corrected chi connectivity index (χ2v) is 12.7. The van der Waals surface area contributed by atoms with Crippen molar-refractivity contribution in [3.05, 3.63) is 46.0 Å². The molecule has 2 heterocycles. The molecule has 0 bridgehead atoms. The average Bonchev–Trinajstić information content (AvgIpc) is 3.13. The van der Waals surface area contributed by atoms with E-state index in [1.54, 1.807) is 6.26 Å². The van der Waals surface area contributed by atoms with Gasteiger partial charge in [0.15, 0.2) is 6.29 Å². The first-order valence-electron chi connectivity index (χ1n) is 13.9. The van der Waals surface area contributed by atoms with Crippen LogP contribution in [-0.2, 0) is 9.47 Å². The van der Waals surface area contributed by atoms with E-state index in [-0.39, 0.29) is 40.4 Å². The molecular weight excluding hydrogens is 458 g/mol. The molecule has 0 spiro atoms. The Morgan fingerprint density at radius 3 is 2.67 bits per heavy atom. The van der Waals surface area contributed by atoms with E-state index < -0.39 is 18.0 Å². The molecule has 4 N–H and O–H groups in total. The van der Waals surface area contributed by atoms with Crippen LogP contribution in [0.4, 0.5) is 0 Å². The second-order valence-electron chi connectivity index (χ2n) is 12.7. The van der Waals surface area contributed by atoms with E-state index in [2.05, 4.69) is 19.9 Å². The van der Waals surface area contributed by atoms with Crippen molar-refractivity contribution in [1.82, 2.24) is 0 Å². The van der Waals surface area contributed by atoms with Crippen LogP contribution < -0.4 is 11.4 Å². The maximum Gasteiger partial charge on any atom is 0.335 e. The lowest BCUT2D eigenvalue weighted by Gasteiger charge is -2.62. The van der Waals surface area contributed by atoms with Crippen molar-refractivity contribution in [1.29, 1.82) is 0 Å². The minimum Gasteiger partial charge on any atom is -0.431 e. The van der Waals surface area contributed by atoms with E-state index in [0.29, 0.717) is 18.9 Å². The number of fused-ring (bicyclic) bond motifs is 5. The summed E-state index contributed by atoms with van der Waals surface area (Å²) in [5, 5.41) is 22.7. The topological polar surface area (TPSA) is 115 Å². The molecule has 198 valence electrons. The zero-order valence-corrected chi connectivity index (χ0v) is 21.5. The summed E-state index contributed by atoms with van der Waals surface area (Å²) >= 11 is 0. The van der Waals surface area contributed by atoms with Gasteiger partial charge in [-0.05, 0) is 92.6 Å². The summed E-state index contributed by atoms with van der Waals surface area (Å²) < 4.78 is 17.1. The molecular formula is C29H41NO6. The zero-order chi connectivity index (χ0) is 25.3. The molecule has 1 aromatic rings. The van der Waals surface area contributed by atoms with Gasteiger partial charge in [0.2, 0.25) is 0 Å². The first kappa shape index (κ1) is 24.8. The molecule has 0 radical (unpaired) electrons. The molecule has 7 nitrogen and oxygen atoms in total. The number of hydrogen-bond donors (Lipinski definition) is 3. The van der Waals surface area contributed by atoms with Crippen molar-refractivity contribution in [2.45, 2.75) is 108 Å². The highest BCUT2D eigenvalue weighted by atomic mass is 16.7. The van der Waals surface area contributed by atoms with Gasteiger partial charge in [0.1, 0.15) is 6.10 Å². The van der Waals surface area contributed by atoms with E-state index >= 15 is 0 Å². The number of allylic oxidation sites excluding steroid dienone is 1. The van der Waals surface area contributed by atoms with Gasteiger partial charge in [-0.25, -0.2) is 4.79 Å². The third-order valence-electron chi connectivity index (χ3n) is 11.0. The maximum atomic E-state index is 12.4. The molecule has 4 aliphatic carbocycles. The minimum absolute atomic E-state index is 0.0564. The fraction of sp³-hybridized carbons (Fsp3) is 0.759. The Bertz CT molecular complexity index is 1070. The Morgan fingerprint density at radius 2 is 1.92 bits per heavy atom. The SMILES string of the molecule is C[C@]12CCC(OC3OC[C@H](N)CC3O)C=C1CCC1C2CC[C@]2(C)C(c3ccc(=O)oc3)CC[C@]12O. The van der Waals surface area contributed by atoms with E-state index in [4.69, 9.17) is 19.6 Å². The third-order valence-corrected chi connectivity index (χ3v) is 11.0. The van der Waals surface area contributed by atoms with Gasteiger partial charge in [-0.15, -0.1) is 0 Å². The standard InChI is InChI=1S/C29H41NO6/c1-27-10-7-20(36-26-24(31)14-19(30)16-35-26)13-18(27)4-5-23-22(27)8-11-28(2)21(9-12-29(23,28)33)17-3-6-25(32)34-15-17/h3,6,13,15,19-24,26,31,33H,4-5,7-12,14,16,30H2,1-2H3/t19-,20?,21?,22?,23?,24?,26?,27+,28-,29+/m1/s1. The number of aliphatic hydroxyl groups is 2. The number of hydrogen-bond acceptors (Lipinski definition) is 7. The zero-order valence-electron chi connectivity index (χ0n) is 21.5. The van der Waals surface area contributed by atoms with Crippen molar-refractivity contribution in [3.63, 3.8) is 0 Å². The van der Waals surface area contributed by atoms with Crippen molar-refractivity contribution in [3.8, 4) is 0 Å². The Hall–Kier alpha value is -1.51. The summed E-state index contributed by atoms with van der Waals surface area (Å²) in [7, 11) is 0. The molecule has 0 aromatic carbocycles. The molecule has 6 unspecified atom stereocenters. The first-order valence-corrected chi connectivity index (χ1v) is 13.9. The Kier molecular flexibility index (Phi) is 6.04. The van der Waals surface area contributed by atoms with Gasteiger partial charge in [-0.1, -0.05) is 25.5 Å². The summed E-state index contributed by atoms with van der Waals surface area (Å²) in [5.41, 5.74) is 7.20. The van der Waals surface area contributed by atoms with E-state index in [0.717, 1.165) is 56.9 Å². The molecule has 4 fully saturated rings. The van der Waals surface area contributed by atoms with Gasteiger partial charge in [-0.3, -0.25) is 0 Å². The highest BCUT2D eigenvalue weighted by Gasteiger charge is 2.66. The van der Waals surface area contributed by atoms with E-state index in [1.165, 1.54) is 11.6 Å². The second kappa shape index (κ2) is 8.77. The lowest BCUT2D eigenvalue weighted by molar-refractivity contribution is -0.233. The minimum atomic E-state index is -0.711. The molecule has 10 atom stereocenters. The quantitative estimate of drug-likeness (QED) is 0.544. The van der Waals surface area contributed by atoms with E-state index in [1.807, 2.05) is 6.07 Å². The smallest absolute Gasteiger partial charge is 0.335 e. The van der Waals surface area contributed by atoms with Gasteiger partial charge in [0.05, 0.1) is 24.6 Å². The molecule has 5 aliphatic rings. The largest absolute Gasteiger partial charge is 0.431 e. The molecule has 6 rings (SSSR count). The fourth-order valence-electron chi connectivity index (χ4n) is 9.00. The predicted octanol–water partition coefficient (Wildman–Crippen LogP) is 3.62. The highest BCUT2D eigenvalue weighted by molar-refractivity contribution is 5.31. The lowest BCUT2D eigenvalue weighted by Crippen LogP contribution is -2.60. The van der Waals surface area contributed by atoms with Crippen molar-refractivity contribution in [2.24, 2.45) is 28.4 Å². The monoisotopic (exact) mass is 499 g/mol. The van der Waals surface area contributed by atoms with Crippen LogP contribution in [0.5, 0.6) is 0 Å². The predicted molar refractivity (Wildman–Crippen MR) is 134 cm³/mol. The van der Waals surface area contributed by atoms with Crippen molar-refractivity contribution in [2.75, 3.05) is 6.61 Å². The summed E-state index contributed by atoms with van der Waals surface area (Å²) in [6.07, 6.45) is 10.7. The van der Waals surface area contributed by atoms with Crippen molar-refractivity contribution < 1.29 is 24.1 Å². The van der Waals surface area contributed by atoms with Crippen LogP contribution in [0.15, 0.2) is 39.3 Å².